The van der Waals surface area contributed by atoms with Crippen LogP contribution >= 0.6 is 0 Å². The molecule has 0 spiro atoms. The number of nitrogens with one attached hydrogen (secondary N) is 2. The molecule has 1 atom stereocenters. The first-order chi connectivity index (χ1) is 15.9. The molecule has 2 N–H and O–H groups in total. The van der Waals surface area contributed by atoms with Gasteiger partial charge in [0.05, 0.1) is 22.8 Å². The van der Waals surface area contributed by atoms with Gasteiger partial charge in [0.2, 0.25) is 11.8 Å². The first-order valence-corrected chi connectivity index (χ1v) is 12.4. The second-order valence-corrected chi connectivity index (χ2v) is 10.3. The fraction of sp³-hybridized carbons (Fsp3) is 0.640. The van der Waals surface area contributed by atoms with Gasteiger partial charge in [-0.3, -0.25) is 24.5 Å². The van der Waals surface area contributed by atoms with Gasteiger partial charge in [0.25, 0.3) is 0 Å². The van der Waals surface area contributed by atoms with Gasteiger partial charge in [0, 0.05) is 63.7 Å². The molecule has 33 heavy (non-hydrogen) atoms. The summed E-state index contributed by atoms with van der Waals surface area (Å²) < 4.78 is 1.92. The van der Waals surface area contributed by atoms with Gasteiger partial charge in [-0.2, -0.15) is 5.10 Å². The summed E-state index contributed by atoms with van der Waals surface area (Å²) in [4.78, 5) is 29.3. The summed E-state index contributed by atoms with van der Waals surface area (Å²) in [5.41, 5.74) is 3.27. The van der Waals surface area contributed by atoms with Crippen LogP contribution in [0.2, 0.25) is 0 Å². The molecule has 2 amide bonds. The SMILES string of the molecule is Cn1nc(C2CCC(=O)NC2=O)c2cccc(N3CCC(C(C)(C)N4CCNCC4)CC3)c21. The van der Waals surface area contributed by atoms with Gasteiger partial charge in [-0.1, -0.05) is 12.1 Å². The molecule has 3 aliphatic heterocycles. The van der Waals surface area contributed by atoms with Gasteiger partial charge >= 0.3 is 0 Å². The predicted molar refractivity (Wildman–Crippen MR) is 129 cm³/mol. The molecule has 1 unspecified atom stereocenters. The Morgan fingerprint density at radius 3 is 2.45 bits per heavy atom. The van der Waals surface area contributed by atoms with Crippen LogP contribution in [0.3, 0.4) is 0 Å². The summed E-state index contributed by atoms with van der Waals surface area (Å²) in [6, 6.07) is 6.32. The number of nitrogens with zero attached hydrogens (tertiary/aromatic N) is 4. The standard InChI is InChI=1S/C25H36N6O2/c1-25(2,31-15-11-26-12-16-31)17-9-13-30(14-10-17)20-6-4-5-18-22(28-29(3)23(18)20)19-7-8-21(32)27-24(19)33/h4-6,17,19,26H,7-16H2,1-3H3,(H,27,32,33). The van der Waals surface area contributed by atoms with Crippen LogP contribution in [0.4, 0.5) is 5.69 Å². The molecule has 5 rings (SSSR count). The molecule has 8 nitrogen and oxygen atoms in total. The third-order valence-electron chi connectivity index (χ3n) is 8.21. The second kappa shape index (κ2) is 8.72. The molecule has 0 saturated carbocycles. The van der Waals surface area contributed by atoms with E-state index in [1.54, 1.807) is 0 Å². The van der Waals surface area contributed by atoms with Crippen LogP contribution in [0.5, 0.6) is 0 Å². The van der Waals surface area contributed by atoms with Crippen molar-refractivity contribution in [2.45, 2.75) is 51.0 Å². The minimum absolute atomic E-state index is 0.191. The average Bonchev–Trinajstić information content (AvgIpc) is 3.16. The molecule has 4 heterocycles. The van der Waals surface area contributed by atoms with Gasteiger partial charge < -0.3 is 10.2 Å². The lowest BCUT2D eigenvalue weighted by molar-refractivity contribution is -0.134. The zero-order valence-electron chi connectivity index (χ0n) is 20.1. The number of amides is 2. The van der Waals surface area contributed by atoms with E-state index >= 15 is 0 Å². The Kier molecular flexibility index (Phi) is 5.91. The van der Waals surface area contributed by atoms with Crippen LogP contribution in [0, 0.1) is 5.92 Å². The first-order valence-electron chi connectivity index (χ1n) is 12.4. The van der Waals surface area contributed by atoms with E-state index in [1.165, 1.54) is 18.5 Å². The number of hydrogen-bond donors (Lipinski definition) is 2. The minimum atomic E-state index is -0.368. The molecule has 178 valence electrons. The van der Waals surface area contributed by atoms with Crippen LogP contribution in [0.25, 0.3) is 10.9 Å². The van der Waals surface area contributed by atoms with E-state index in [9.17, 15) is 9.59 Å². The molecule has 8 heteroatoms. The zero-order valence-corrected chi connectivity index (χ0v) is 20.1. The normalized spacial score (nSPS) is 23.8. The monoisotopic (exact) mass is 452 g/mol. The Morgan fingerprint density at radius 1 is 1.03 bits per heavy atom. The molecule has 0 radical (unpaired) electrons. The van der Waals surface area contributed by atoms with Crippen LogP contribution in [-0.2, 0) is 16.6 Å². The van der Waals surface area contributed by atoms with Crippen molar-refractivity contribution in [2.75, 3.05) is 44.2 Å². The second-order valence-electron chi connectivity index (χ2n) is 10.3. The number of rotatable bonds is 4. The van der Waals surface area contributed by atoms with E-state index in [1.807, 2.05) is 11.7 Å². The number of hydrogen-bond acceptors (Lipinski definition) is 6. The third-order valence-corrected chi connectivity index (χ3v) is 8.21. The maximum absolute atomic E-state index is 12.5. The lowest BCUT2D eigenvalue weighted by Gasteiger charge is -2.49. The number of piperidine rings is 2. The first kappa shape index (κ1) is 22.3. The topological polar surface area (TPSA) is 82.5 Å². The lowest BCUT2D eigenvalue weighted by Crippen LogP contribution is -2.58. The summed E-state index contributed by atoms with van der Waals surface area (Å²) in [5.74, 6) is -0.111. The quantitative estimate of drug-likeness (QED) is 0.691. The van der Waals surface area contributed by atoms with Crippen molar-refractivity contribution in [1.29, 1.82) is 0 Å². The Hall–Kier alpha value is -2.45. The maximum Gasteiger partial charge on any atom is 0.235 e. The zero-order chi connectivity index (χ0) is 23.2. The summed E-state index contributed by atoms with van der Waals surface area (Å²) >= 11 is 0. The number of carbonyl (C=O) groups excluding carboxylic acids is 2. The van der Waals surface area contributed by atoms with Gasteiger partial charge in [-0.25, -0.2) is 0 Å². The number of piperazine rings is 1. The lowest BCUT2D eigenvalue weighted by atomic mass is 9.78. The van der Waals surface area contributed by atoms with Gasteiger partial charge in [-0.15, -0.1) is 0 Å². The van der Waals surface area contributed by atoms with E-state index in [-0.39, 0.29) is 23.3 Å². The number of carbonyl (C=O) groups is 2. The molecule has 2 aromatic rings. The number of aromatic nitrogens is 2. The van der Waals surface area contributed by atoms with Crippen LogP contribution in [-0.4, -0.2) is 71.3 Å². The Balaban J connectivity index is 1.36. The van der Waals surface area contributed by atoms with Crippen molar-refractivity contribution in [3.05, 3.63) is 23.9 Å². The van der Waals surface area contributed by atoms with Crippen LogP contribution in [0.15, 0.2) is 18.2 Å². The fourth-order valence-electron chi connectivity index (χ4n) is 6.14. The average molecular weight is 453 g/mol. The highest BCUT2D eigenvalue weighted by Gasteiger charge is 2.38. The molecule has 1 aromatic carbocycles. The highest BCUT2D eigenvalue weighted by Crippen LogP contribution is 2.38. The van der Waals surface area contributed by atoms with Crippen LogP contribution in [0.1, 0.15) is 51.1 Å². The van der Waals surface area contributed by atoms with Gasteiger partial charge in [0.15, 0.2) is 0 Å². The molecule has 3 aliphatic rings. The molecule has 3 fully saturated rings. The summed E-state index contributed by atoms with van der Waals surface area (Å²) in [6.45, 7) is 11.3. The van der Waals surface area contributed by atoms with Crippen LogP contribution < -0.4 is 15.5 Å². The van der Waals surface area contributed by atoms with Crippen molar-refractivity contribution in [1.82, 2.24) is 25.3 Å². The van der Waals surface area contributed by atoms with E-state index in [0.29, 0.717) is 18.8 Å². The molecular weight excluding hydrogens is 416 g/mol. The third kappa shape index (κ3) is 4.04. The maximum atomic E-state index is 12.5. The van der Waals surface area contributed by atoms with Crippen molar-refractivity contribution >= 4 is 28.4 Å². The smallest absolute Gasteiger partial charge is 0.235 e. The molecule has 0 aliphatic carbocycles. The van der Waals surface area contributed by atoms with E-state index in [0.717, 1.165) is 55.9 Å². The van der Waals surface area contributed by atoms with Gasteiger partial charge in [0.1, 0.15) is 0 Å². The summed E-state index contributed by atoms with van der Waals surface area (Å²) in [5, 5.41) is 11.7. The Bertz CT molecular complexity index is 1050. The summed E-state index contributed by atoms with van der Waals surface area (Å²) in [7, 11) is 1.96. The predicted octanol–water partition coefficient (Wildman–Crippen LogP) is 1.99. The van der Waals surface area contributed by atoms with Crippen molar-refractivity contribution in [3.63, 3.8) is 0 Å². The Labute approximate surface area is 195 Å². The number of aryl methyl sites for hydroxylation is 1. The number of para-hydroxylation sites is 1. The van der Waals surface area contributed by atoms with Gasteiger partial charge in [-0.05, 0) is 45.1 Å². The minimum Gasteiger partial charge on any atom is -0.370 e. The molecule has 0 bridgehead atoms. The fourth-order valence-corrected chi connectivity index (χ4v) is 6.14. The summed E-state index contributed by atoms with van der Waals surface area (Å²) in [6.07, 6.45) is 3.23. The van der Waals surface area contributed by atoms with Crippen molar-refractivity contribution in [2.24, 2.45) is 13.0 Å². The van der Waals surface area contributed by atoms with Crippen molar-refractivity contribution < 1.29 is 9.59 Å². The van der Waals surface area contributed by atoms with E-state index < -0.39 is 0 Å². The number of anilines is 1. The number of fused-ring (bicyclic) bond motifs is 1. The molecule has 1 aromatic heterocycles. The number of imide groups is 1. The number of benzene rings is 1. The van der Waals surface area contributed by atoms with Crippen molar-refractivity contribution in [3.8, 4) is 0 Å². The largest absolute Gasteiger partial charge is 0.370 e. The highest BCUT2D eigenvalue weighted by atomic mass is 16.2. The molecular formula is C25H36N6O2. The highest BCUT2D eigenvalue weighted by molar-refractivity contribution is 6.03. The van der Waals surface area contributed by atoms with E-state index in [2.05, 4.69) is 52.5 Å². The molecule has 3 saturated heterocycles. The van der Waals surface area contributed by atoms with E-state index in [4.69, 9.17) is 5.10 Å². The Morgan fingerprint density at radius 2 is 1.76 bits per heavy atom.